The Hall–Kier alpha value is -1.57. The number of rotatable bonds is 4. The minimum Gasteiger partial charge on any atom is -0.394 e. The summed E-state index contributed by atoms with van der Waals surface area (Å²) in [5.74, 6) is -0.137. The molecule has 0 bridgehead atoms. The fourth-order valence-corrected chi connectivity index (χ4v) is 1.15. The summed E-state index contributed by atoms with van der Waals surface area (Å²) in [6.45, 7) is 3.04. The van der Waals surface area contributed by atoms with Crippen LogP contribution in [-0.2, 0) is 6.18 Å². The van der Waals surface area contributed by atoms with Crippen molar-refractivity contribution in [2.24, 2.45) is 0 Å². The summed E-state index contributed by atoms with van der Waals surface area (Å²) < 4.78 is 37.8. The number of halogens is 3. The maximum Gasteiger partial charge on any atom is 0.433 e. The molecule has 0 saturated carbocycles. The third-order valence-electron chi connectivity index (χ3n) is 2.10. The summed E-state index contributed by atoms with van der Waals surface area (Å²) in [6.07, 6.45) is -4.55. The molecule has 0 radical (unpaired) electrons. The minimum atomic E-state index is -4.55. The van der Waals surface area contributed by atoms with Gasteiger partial charge < -0.3 is 15.7 Å². The Morgan fingerprint density at radius 3 is 2.33 bits per heavy atom. The molecule has 1 aromatic rings. The monoisotopic (exact) mass is 264 g/mol. The highest BCUT2D eigenvalue weighted by Gasteiger charge is 2.34. The zero-order valence-corrected chi connectivity index (χ0v) is 10.3. The molecule has 5 nitrogen and oxygen atoms in total. The van der Waals surface area contributed by atoms with E-state index in [1.807, 2.05) is 0 Å². The van der Waals surface area contributed by atoms with Crippen LogP contribution < -0.4 is 10.6 Å². The molecule has 0 saturated heterocycles. The molecule has 18 heavy (non-hydrogen) atoms. The summed E-state index contributed by atoms with van der Waals surface area (Å²) in [5, 5.41) is 14.2. The van der Waals surface area contributed by atoms with Gasteiger partial charge in [0.2, 0.25) is 5.95 Å². The SMILES string of the molecule is CNc1nc(NC(C)(C)CO)cc(C(F)(F)F)n1. The predicted octanol–water partition coefficient (Wildman–Crippen LogP) is 1.72. The zero-order chi connectivity index (χ0) is 14.0. The second-order valence-corrected chi connectivity index (χ2v) is 4.38. The number of hydrogen-bond acceptors (Lipinski definition) is 5. The molecule has 0 fully saturated rings. The average molecular weight is 264 g/mol. The number of aliphatic hydroxyl groups is 1. The Bertz CT molecular complexity index is 420. The van der Waals surface area contributed by atoms with Crippen LogP contribution >= 0.6 is 0 Å². The molecular formula is C10H15F3N4O. The predicted molar refractivity (Wildman–Crippen MR) is 61.4 cm³/mol. The fourth-order valence-electron chi connectivity index (χ4n) is 1.15. The van der Waals surface area contributed by atoms with Crippen LogP contribution in [0.3, 0.4) is 0 Å². The highest BCUT2D eigenvalue weighted by Crippen LogP contribution is 2.30. The van der Waals surface area contributed by atoms with Gasteiger partial charge in [-0.3, -0.25) is 0 Å². The van der Waals surface area contributed by atoms with Crippen molar-refractivity contribution < 1.29 is 18.3 Å². The van der Waals surface area contributed by atoms with Crippen molar-refractivity contribution in [1.82, 2.24) is 9.97 Å². The van der Waals surface area contributed by atoms with E-state index in [4.69, 9.17) is 5.11 Å². The Labute approximate surface area is 102 Å². The summed E-state index contributed by atoms with van der Waals surface area (Å²) >= 11 is 0. The number of nitrogens with one attached hydrogen (secondary N) is 2. The van der Waals surface area contributed by atoms with E-state index >= 15 is 0 Å². The van der Waals surface area contributed by atoms with Crippen LogP contribution in [-0.4, -0.2) is 34.3 Å². The second-order valence-electron chi connectivity index (χ2n) is 4.38. The molecule has 0 spiro atoms. The summed E-state index contributed by atoms with van der Waals surface area (Å²) in [5.41, 5.74) is -1.82. The molecule has 0 amide bonds. The van der Waals surface area contributed by atoms with E-state index in [1.54, 1.807) is 13.8 Å². The van der Waals surface area contributed by atoms with E-state index in [-0.39, 0.29) is 18.4 Å². The number of aromatic nitrogens is 2. The van der Waals surface area contributed by atoms with Crippen molar-refractivity contribution in [3.8, 4) is 0 Å². The van der Waals surface area contributed by atoms with Crippen molar-refractivity contribution in [1.29, 1.82) is 0 Å². The smallest absolute Gasteiger partial charge is 0.394 e. The number of anilines is 2. The van der Waals surface area contributed by atoms with Gasteiger partial charge in [0.15, 0.2) is 5.69 Å². The van der Waals surface area contributed by atoms with Crippen LogP contribution in [0.1, 0.15) is 19.5 Å². The molecular weight excluding hydrogens is 249 g/mol. The highest BCUT2D eigenvalue weighted by atomic mass is 19.4. The standard InChI is InChI=1S/C10H15F3N4O/c1-9(2,5-18)17-7-4-6(10(11,12)13)15-8(14-3)16-7/h4,18H,5H2,1-3H3,(H2,14,15,16,17). The van der Waals surface area contributed by atoms with Crippen LogP contribution in [0.25, 0.3) is 0 Å². The van der Waals surface area contributed by atoms with Gasteiger partial charge in [0.05, 0.1) is 12.1 Å². The third-order valence-corrected chi connectivity index (χ3v) is 2.10. The number of nitrogens with zero attached hydrogens (tertiary/aromatic N) is 2. The van der Waals surface area contributed by atoms with Crippen LogP contribution in [0.4, 0.5) is 24.9 Å². The largest absolute Gasteiger partial charge is 0.433 e. The maximum absolute atomic E-state index is 12.6. The highest BCUT2D eigenvalue weighted by molar-refractivity contribution is 5.44. The first-order chi connectivity index (χ1) is 8.18. The zero-order valence-electron chi connectivity index (χ0n) is 10.3. The Kier molecular flexibility index (Phi) is 4.00. The lowest BCUT2D eigenvalue weighted by Gasteiger charge is -2.24. The minimum absolute atomic E-state index is 0.000671. The Morgan fingerprint density at radius 2 is 1.89 bits per heavy atom. The lowest BCUT2D eigenvalue weighted by Crippen LogP contribution is -2.35. The fraction of sp³-hybridized carbons (Fsp3) is 0.600. The summed E-state index contributed by atoms with van der Waals surface area (Å²) in [4.78, 5) is 7.18. The van der Waals surface area contributed by atoms with E-state index < -0.39 is 17.4 Å². The average Bonchev–Trinajstić information content (AvgIpc) is 2.27. The number of alkyl halides is 3. The van der Waals surface area contributed by atoms with Crippen molar-refractivity contribution in [3.63, 3.8) is 0 Å². The van der Waals surface area contributed by atoms with Gasteiger partial charge in [0, 0.05) is 13.1 Å². The van der Waals surface area contributed by atoms with Crippen molar-refractivity contribution in [3.05, 3.63) is 11.8 Å². The van der Waals surface area contributed by atoms with E-state index in [2.05, 4.69) is 20.6 Å². The quantitative estimate of drug-likeness (QED) is 0.772. The van der Waals surface area contributed by atoms with E-state index in [0.717, 1.165) is 6.07 Å². The molecule has 0 aromatic carbocycles. The van der Waals surface area contributed by atoms with Crippen LogP contribution in [0.2, 0.25) is 0 Å². The van der Waals surface area contributed by atoms with Crippen molar-refractivity contribution in [2.75, 3.05) is 24.3 Å². The molecule has 0 aliphatic carbocycles. The van der Waals surface area contributed by atoms with Gasteiger partial charge >= 0.3 is 6.18 Å². The molecule has 8 heteroatoms. The van der Waals surface area contributed by atoms with Gasteiger partial charge in [0.25, 0.3) is 0 Å². The number of aliphatic hydroxyl groups excluding tert-OH is 1. The van der Waals surface area contributed by atoms with Crippen LogP contribution in [0.5, 0.6) is 0 Å². The summed E-state index contributed by atoms with van der Waals surface area (Å²) in [7, 11) is 1.43. The van der Waals surface area contributed by atoms with Crippen LogP contribution in [0.15, 0.2) is 6.07 Å². The second kappa shape index (κ2) is 4.97. The first kappa shape index (κ1) is 14.5. The maximum atomic E-state index is 12.6. The molecule has 0 aliphatic rings. The third kappa shape index (κ3) is 3.73. The van der Waals surface area contributed by atoms with Gasteiger partial charge in [-0.2, -0.15) is 18.2 Å². The van der Waals surface area contributed by atoms with Gasteiger partial charge in [-0.25, -0.2) is 4.98 Å². The summed E-state index contributed by atoms with van der Waals surface area (Å²) in [6, 6.07) is 0.804. The van der Waals surface area contributed by atoms with Gasteiger partial charge in [-0.15, -0.1) is 0 Å². The number of hydrogen-bond donors (Lipinski definition) is 3. The molecule has 0 atom stereocenters. The lowest BCUT2D eigenvalue weighted by atomic mass is 10.1. The van der Waals surface area contributed by atoms with Gasteiger partial charge in [-0.05, 0) is 13.8 Å². The molecule has 3 N–H and O–H groups in total. The van der Waals surface area contributed by atoms with E-state index in [0.29, 0.717) is 0 Å². The topological polar surface area (TPSA) is 70.1 Å². The molecule has 1 heterocycles. The molecule has 102 valence electrons. The molecule has 0 unspecified atom stereocenters. The van der Waals surface area contributed by atoms with Gasteiger partial charge in [-0.1, -0.05) is 0 Å². The first-order valence-electron chi connectivity index (χ1n) is 5.21. The normalized spacial score (nSPS) is 12.4. The van der Waals surface area contributed by atoms with E-state index in [9.17, 15) is 13.2 Å². The molecule has 0 aliphatic heterocycles. The molecule has 1 rings (SSSR count). The lowest BCUT2D eigenvalue weighted by molar-refractivity contribution is -0.141. The van der Waals surface area contributed by atoms with Crippen LogP contribution in [0, 0.1) is 0 Å². The Balaban J connectivity index is 3.13. The van der Waals surface area contributed by atoms with E-state index in [1.165, 1.54) is 7.05 Å². The van der Waals surface area contributed by atoms with Gasteiger partial charge in [0.1, 0.15) is 5.82 Å². The first-order valence-corrected chi connectivity index (χ1v) is 5.21. The Morgan fingerprint density at radius 1 is 1.28 bits per heavy atom. The van der Waals surface area contributed by atoms with Crippen molar-refractivity contribution >= 4 is 11.8 Å². The van der Waals surface area contributed by atoms with Crippen molar-refractivity contribution in [2.45, 2.75) is 25.6 Å². The molecule has 1 aromatic heterocycles.